The Morgan fingerprint density at radius 1 is 1.64 bits per heavy atom. The molecule has 1 fully saturated rings. The Bertz CT molecular complexity index is 244. The van der Waals surface area contributed by atoms with Gasteiger partial charge in [0, 0.05) is 12.3 Å². The van der Waals surface area contributed by atoms with Gasteiger partial charge in [-0.15, -0.1) is 0 Å². The van der Waals surface area contributed by atoms with Crippen molar-refractivity contribution in [2.24, 2.45) is 16.6 Å². The molecule has 1 unspecified atom stereocenters. The second-order valence-corrected chi connectivity index (χ2v) is 5.81. The van der Waals surface area contributed by atoms with Crippen LogP contribution in [-0.2, 0) is 0 Å². The molecule has 80 valence electrons. The molecule has 2 N–H and O–H groups in total. The predicted molar refractivity (Wildman–Crippen MR) is 62.7 cm³/mol. The van der Waals surface area contributed by atoms with Gasteiger partial charge in [0.2, 0.25) is 0 Å². The van der Waals surface area contributed by atoms with E-state index in [1.807, 2.05) is 11.8 Å². The normalized spacial score (nSPS) is 31.9. The first-order valence-corrected chi connectivity index (χ1v) is 6.45. The fraction of sp³-hybridized carbons (Fsp3) is 0.900. The number of hydrogen-bond acceptors (Lipinski definition) is 4. The van der Waals surface area contributed by atoms with Crippen molar-refractivity contribution in [2.75, 3.05) is 24.6 Å². The first-order valence-electron chi connectivity index (χ1n) is 5.29. The topological polar surface area (TPSA) is 41.6 Å². The molecule has 0 amide bonds. The van der Waals surface area contributed by atoms with E-state index in [9.17, 15) is 0 Å². The summed E-state index contributed by atoms with van der Waals surface area (Å²) in [7, 11) is 0. The van der Waals surface area contributed by atoms with Gasteiger partial charge in [0.1, 0.15) is 0 Å². The van der Waals surface area contributed by atoms with Crippen LogP contribution in [0.25, 0.3) is 0 Å². The van der Waals surface area contributed by atoms with E-state index in [1.165, 1.54) is 17.9 Å². The number of thioether (sulfide) groups is 1. The van der Waals surface area contributed by atoms with Crippen LogP contribution in [0.15, 0.2) is 4.99 Å². The molecule has 0 radical (unpaired) electrons. The molecule has 0 aromatic carbocycles. The van der Waals surface area contributed by atoms with Crippen LogP contribution >= 0.6 is 11.8 Å². The Morgan fingerprint density at radius 2 is 2.43 bits per heavy atom. The molecule has 1 atom stereocenters. The zero-order valence-corrected chi connectivity index (χ0v) is 9.81. The molecule has 14 heavy (non-hydrogen) atoms. The maximum atomic E-state index is 5.95. The van der Waals surface area contributed by atoms with Gasteiger partial charge in [-0.05, 0) is 18.1 Å². The minimum Gasteiger partial charge on any atom is -0.370 e. The van der Waals surface area contributed by atoms with Gasteiger partial charge in [0.25, 0.3) is 0 Å². The molecule has 1 saturated heterocycles. The van der Waals surface area contributed by atoms with E-state index < -0.39 is 0 Å². The third-order valence-corrected chi connectivity index (χ3v) is 4.25. The van der Waals surface area contributed by atoms with Gasteiger partial charge >= 0.3 is 0 Å². The minimum atomic E-state index is 0.277. The van der Waals surface area contributed by atoms with Gasteiger partial charge in [-0.1, -0.05) is 13.8 Å². The van der Waals surface area contributed by atoms with Gasteiger partial charge in [-0.25, -0.2) is 0 Å². The summed E-state index contributed by atoms with van der Waals surface area (Å²) in [6, 6.07) is 0. The molecule has 2 rings (SSSR count). The number of nitrogens with zero attached hydrogens (tertiary/aromatic N) is 2. The standard InChI is InChI=1S/C10H19N3S/c1-8(2)5-13-9(11)12-6-10(13)3-4-14-7-10/h8H,3-7H2,1-2H3,(H2,11,12). The van der Waals surface area contributed by atoms with Gasteiger partial charge in [0.05, 0.1) is 12.1 Å². The quantitative estimate of drug-likeness (QED) is 0.748. The molecule has 2 heterocycles. The van der Waals surface area contributed by atoms with E-state index >= 15 is 0 Å². The Morgan fingerprint density at radius 3 is 3.00 bits per heavy atom. The van der Waals surface area contributed by atoms with E-state index in [0.29, 0.717) is 5.92 Å². The number of hydrogen-bond donors (Lipinski definition) is 1. The monoisotopic (exact) mass is 213 g/mol. The number of nitrogens with two attached hydrogens (primary N) is 1. The second-order valence-electron chi connectivity index (χ2n) is 4.71. The molecule has 4 heteroatoms. The minimum absolute atomic E-state index is 0.277. The summed E-state index contributed by atoms with van der Waals surface area (Å²) in [5.74, 6) is 3.88. The molecule has 2 aliphatic rings. The summed E-state index contributed by atoms with van der Waals surface area (Å²) in [4.78, 5) is 6.76. The summed E-state index contributed by atoms with van der Waals surface area (Å²) < 4.78 is 0. The third-order valence-electron chi connectivity index (χ3n) is 3.01. The first-order chi connectivity index (χ1) is 6.64. The molecule has 0 aromatic heterocycles. The highest BCUT2D eigenvalue weighted by Crippen LogP contribution is 2.36. The van der Waals surface area contributed by atoms with E-state index in [4.69, 9.17) is 5.73 Å². The van der Waals surface area contributed by atoms with Crippen LogP contribution in [0.1, 0.15) is 20.3 Å². The first kappa shape index (κ1) is 10.1. The van der Waals surface area contributed by atoms with E-state index in [0.717, 1.165) is 19.0 Å². The van der Waals surface area contributed by atoms with Crippen LogP contribution in [0, 0.1) is 5.92 Å². The van der Waals surface area contributed by atoms with Gasteiger partial charge < -0.3 is 10.6 Å². The van der Waals surface area contributed by atoms with Crippen molar-refractivity contribution in [3.05, 3.63) is 0 Å². The molecule has 0 aliphatic carbocycles. The summed E-state index contributed by atoms with van der Waals surface area (Å²) >= 11 is 2.03. The van der Waals surface area contributed by atoms with Crippen LogP contribution in [0.4, 0.5) is 0 Å². The maximum absolute atomic E-state index is 5.95. The third kappa shape index (κ3) is 1.60. The van der Waals surface area contributed by atoms with Crippen molar-refractivity contribution in [2.45, 2.75) is 25.8 Å². The molecule has 0 aromatic rings. The smallest absolute Gasteiger partial charge is 0.191 e. The van der Waals surface area contributed by atoms with Crippen molar-refractivity contribution < 1.29 is 0 Å². The van der Waals surface area contributed by atoms with Crippen molar-refractivity contribution >= 4 is 17.7 Å². The lowest BCUT2D eigenvalue weighted by Crippen LogP contribution is -2.53. The van der Waals surface area contributed by atoms with Crippen LogP contribution in [0.2, 0.25) is 0 Å². The Labute approximate surface area is 90.1 Å². The van der Waals surface area contributed by atoms with Crippen molar-refractivity contribution in [1.82, 2.24) is 4.90 Å². The fourth-order valence-corrected chi connectivity index (χ4v) is 3.67. The number of rotatable bonds is 2. The van der Waals surface area contributed by atoms with E-state index in [-0.39, 0.29) is 5.54 Å². The second kappa shape index (κ2) is 3.65. The van der Waals surface area contributed by atoms with Crippen LogP contribution in [-0.4, -0.2) is 41.0 Å². The molecular formula is C10H19N3S. The lowest BCUT2D eigenvalue weighted by Gasteiger charge is -2.36. The molecule has 2 aliphatic heterocycles. The fourth-order valence-electron chi connectivity index (χ4n) is 2.23. The van der Waals surface area contributed by atoms with Crippen LogP contribution < -0.4 is 5.73 Å². The lowest BCUT2D eigenvalue weighted by atomic mass is 9.97. The zero-order chi connectivity index (χ0) is 10.2. The Kier molecular flexibility index (Phi) is 2.64. The highest BCUT2D eigenvalue weighted by Gasteiger charge is 2.44. The number of aliphatic imine (C=N–C) groups is 1. The van der Waals surface area contributed by atoms with Gasteiger partial charge in [0.15, 0.2) is 5.96 Å². The average molecular weight is 213 g/mol. The van der Waals surface area contributed by atoms with Crippen molar-refractivity contribution in [3.63, 3.8) is 0 Å². The molecule has 1 spiro atoms. The van der Waals surface area contributed by atoms with Crippen molar-refractivity contribution in [3.8, 4) is 0 Å². The van der Waals surface area contributed by atoms with Gasteiger partial charge in [-0.3, -0.25) is 4.99 Å². The Hall–Kier alpha value is -0.380. The lowest BCUT2D eigenvalue weighted by molar-refractivity contribution is 0.209. The summed E-state index contributed by atoms with van der Waals surface area (Å²) in [5.41, 5.74) is 6.23. The van der Waals surface area contributed by atoms with Crippen LogP contribution in [0.5, 0.6) is 0 Å². The highest BCUT2D eigenvalue weighted by molar-refractivity contribution is 7.99. The molecular weight excluding hydrogens is 194 g/mol. The van der Waals surface area contributed by atoms with Crippen molar-refractivity contribution in [1.29, 1.82) is 0 Å². The maximum Gasteiger partial charge on any atom is 0.191 e. The largest absolute Gasteiger partial charge is 0.370 e. The van der Waals surface area contributed by atoms with E-state index in [1.54, 1.807) is 0 Å². The highest BCUT2D eigenvalue weighted by atomic mass is 32.2. The Balaban J connectivity index is 2.12. The molecule has 0 bridgehead atoms. The summed E-state index contributed by atoms with van der Waals surface area (Å²) in [5, 5.41) is 0. The summed E-state index contributed by atoms with van der Waals surface area (Å²) in [6.07, 6.45) is 1.24. The van der Waals surface area contributed by atoms with Gasteiger partial charge in [-0.2, -0.15) is 11.8 Å². The predicted octanol–water partition coefficient (Wildman–Crippen LogP) is 1.15. The molecule has 3 nitrogen and oxygen atoms in total. The zero-order valence-electron chi connectivity index (χ0n) is 8.99. The van der Waals surface area contributed by atoms with E-state index in [2.05, 4.69) is 23.7 Å². The molecule has 0 saturated carbocycles. The number of guanidine groups is 1. The average Bonchev–Trinajstić information content (AvgIpc) is 2.69. The SMILES string of the molecule is CC(C)CN1C(N)=NCC12CCSC2. The van der Waals surface area contributed by atoms with Crippen LogP contribution in [0.3, 0.4) is 0 Å². The summed E-state index contributed by atoms with van der Waals surface area (Å²) in [6.45, 7) is 6.44.